The van der Waals surface area contributed by atoms with Crippen LogP contribution in [0.3, 0.4) is 0 Å². The van der Waals surface area contributed by atoms with Gasteiger partial charge in [-0.3, -0.25) is 10.00 Å². The summed E-state index contributed by atoms with van der Waals surface area (Å²) in [6.45, 7) is 4.63. The maximum absolute atomic E-state index is 13.8. The molecule has 1 aromatic heterocycles. The first-order valence-electron chi connectivity index (χ1n) is 6.55. The van der Waals surface area contributed by atoms with Gasteiger partial charge in [-0.1, -0.05) is 12.1 Å². The van der Waals surface area contributed by atoms with Crippen LogP contribution in [0.5, 0.6) is 0 Å². The van der Waals surface area contributed by atoms with E-state index in [-0.39, 0.29) is 5.82 Å². The SMILES string of the molecule is CN(Cc1cn[nH]c1-c1ccccc1F)CC(C)(C)O. The van der Waals surface area contributed by atoms with E-state index < -0.39 is 5.60 Å². The van der Waals surface area contributed by atoms with Crippen LogP contribution in [-0.2, 0) is 6.54 Å². The molecule has 0 unspecified atom stereocenters. The van der Waals surface area contributed by atoms with Gasteiger partial charge in [0, 0.05) is 24.2 Å². The third kappa shape index (κ3) is 3.65. The Morgan fingerprint density at radius 3 is 2.70 bits per heavy atom. The average Bonchev–Trinajstić information content (AvgIpc) is 2.75. The topological polar surface area (TPSA) is 52.2 Å². The van der Waals surface area contributed by atoms with Crippen LogP contribution < -0.4 is 0 Å². The van der Waals surface area contributed by atoms with Gasteiger partial charge in [0.25, 0.3) is 0 Å². The first-order chi connectivity index (χ1) is 9.37. The molecule has 2 rings (SSSR count). The molecule has 0 bridgehead atoms. The van der Waals surface area contributed by atoms with Crippen LogP contribution in [0.25, 0.3) is 11.3 Å². The molecule has 0 spiro atoms. The van der Waals surface area contributed by atoms with E-state index in [1.165, 1.54) is 6.07 Å². The minimum absolute atomic E-state index is 0.275. The number of H-pyrrole nitrogens is 1. The van der Waals surface area contributed by atoms with E-state index in [1.807, 2.05) is 11.9 Å². The quantitative estimate of drug-likeness (QED) is 0.882. The lowest BCUT2D eigenvalue weighted by molar-refractivity contribution is 0.0425. The van der Waals surface area contributed by atoms with Crippen molar-refractivity contribution in [2.75, 3.05) is 13.6 Å². The number of halogens is 1. The van der Waals surface area contributed by atoms with Crippen LogP contribution >= 0.6 is 0 Å². The highest BCUT2D eigenvalue weighted by Gasteiger charge is 2.18. The minimum Gasteiger partial charge on any atom is -0.389 e. The summed E-state index contributed by atoms with van der Waals surface area (Å²) in [6, 6.07) is 6.61. The number of likely N-dealkylation sites (N-methyl/N-ethyl adjacent to an activating group) is 1. The fourth-order valence-electron chi connectivity index (χ4n) is 2.34. The van der Waals surface area contributed by atoms with E-state index in [0.717, 1.165) is 5.56 Å². The van der Waals surface area contributed by atoms with Crippen molar-refractivity contribution in [3.05, 3.63) is 41.8 Å². The molecule has 0 atom stereocenters. The summed E-state index contributed by atoms with van der Waals surface area (Å²) in [5.41, 5.74) is 1.33. The summed E-state index contributed by atoms with van der Waals surface area (Å²) in [5.74, 6) is -0.275. The fraction of sp³-hybridized carbons (Fsp3) is 0.400. The molecule has 0 aliphatic heterocycles. The molecule has 20 heavy (non-hydrogen) atoms. The number of aliphatic hydroxyl groups is 1. The monoisotopic (exact) mass is 277 g/mol. The highest BCUT2D eigenvalue weighted by atomic mass is 19.1. The molecule has 2 aromatic rings. The maximum atomic E-state index is 13.8. The molecule has 5 heteroatoms. The molecule has 1 aromatic carbocycles. The van der Waals surface area contributed by atoms with Crippen molar-refractivity contribution in [1.29, 1.82) is 0 Å². The van der Waals surface area contributed by atoms with E-state index >= 15 is 0 Å². The molecule has 0 amide bonds. The van der Waals surface area contributed by atoms with Gasteiger partial charge in [-0.15, -0.1) is 0 Å². The Morgan fingerprint density at radius 1 is 1.35 bits per heavy atom. The molecule has 0 aliphatic carbocycles. The number of rotatable bonds is 5. The number of aromatic amines is 1. The summed E-state index contributed by atoms with van der Waals surface area (Å²) < 4.78 is 13.8. The first-order valence-corrected chi connectivity index (χ1v) is 6.55. The predicted octanol–water partition coefficient (Wildman–Crippen LogP) is 2.42. The number of hydrogen-bond donors (Lipinski definition) is 2. The van der Waals surface area contributed by atoms with Crippen molar-refractivity contribution in [1.82, 2.24) is 15.1 Å². The van der Waals surface area contributed by atoms with E-state index in [9.17, 15) is 9.50 Å². The van der Waals surface area contributed by atoms with Crippen molar-refractivity contribution >= 4 is 0 Å². The van der Waals surface area contributed by atoms with Crippen molar-refractivity contribution in [3.8, 4) is 11.3 Å². The first kappa shape index (κ1) is 14.7. The Kier molecular flexibility index (Phi) is 4.20. The number of aromatic nitrogens is 2. The zero-order valence-electron chi connectivity index (χ0n) is 12.0. The van der Waals surface area contributed by atoms with Crippen LogP contribution in [0.4, 0.5) is 4.39 Å². The third-order valence-electron chi connectivity index (χ3n) is 2.96. The molecule has 0 saturated heterocycles. The summed E-state index contributed by atoms with van der Waals surface area (Å²) >= 11 is 0. The lowest BCUT2D eigenvalue weighted by Crippen LogP contribution is -2.35. The van der Waals surface area contributed by atoms with Gasteiger partial charge < -0.3 is 5.11 Å². The second kappa shape index (κ2) is 5.73. The van der Waals surface area contributed by atoms with Crippen molar-refractivity contribution in [2.24, 2.45) is 0 Å². The standard InChI is InChI=1S/C15H20FN3O/c1-15(2,20)10-19(3)9-11-8-17-18-14(11)12-6-4-5-7-13(12)16/h4-8,20H,9-10H2,1-3H3,(H,17,18). The number of nitrogens with one attached hydrogen (secondary N) is 1. The summed E-state index contributed by atoms with van der Waals surface area (Å²) in [5, 5.41) is 16.7. The average molecular weight is 277 g/mol. The molecule has 0 fully saturated rings. The van der Waals surface area contributed by atoms with Gasteiger partial charge in [-0.05, 0) is 33.0 Å². The highest BCUT2D eigenvalue weighted by Crippen LogP contribution is 2.24. The summed E-state index contributed by atoms with van der Waals surface area (Å²) in [7, 11) is 1.91. The van der Waals surface area contributed by atoms with Gasteiger partial charge in [0.15, 0.2) is 0 Å². The molecule has 0 aliphatic rings. The summed E-state index contributed by atoms with van der Waals surface area (Å²) in [4.78, 5) is 1.98. The zero-order chi connectivity index (χ0) is 14.8. The van der Waals surface area contributed by atoms with E-state index in [0.29, 0.717) is 24.3 Å². The minimum atomic E-state index is -0.767. The van der Waals surface area contributed by atoms with Gasteiger partial charge in [-0.25, -0.2) is 4.39 Å². The van der Waals surface area contributed by atoms with Crippen LogP contribution in [0, 0.1) is 5.82 Å². The largest absolute Gasteiger partial charge is 0.389 e. The molecular weight excluding hydrogens is 257 g/mol. The molecule has 4 nitrogen and oxygen atoms in total. The Labute approximate surface area is 118 Å². The van der Waals surface area contributed by atoms with Crippen molar-refractivity contribution in [2.45, 2.75) is 26.0 Å². The van der Waals surface area contributed by atoms with Crippen LogP contribution in [0.2, 0.25) is 0 Å². The third-order valence-corrected chi connectivity index (χ3v) is 2.96. The maximum Gasteiger partial charge on any atom is 0.132 e. The van der Waals surface area contributed by atoms with E-state index in [4.69, 9.17) is 0 Å². The predicted molar refractivity (Wildman–Crippen MR) is 76.6 cm³/mol. The summed E-state index contributed by atoms with van der Waals surface area (Å²) in [6.07, 6.45) is 1.70. The number of nitrogens with zero attached hydrogens (tertiary/aromatic N) is 2. The van der Waals surface area contributed by atoms with Gasteiger partial charge in [0.1, 0.15) is 5.82 Å². The van der Waals surface area contributed by atoms with Crippen molar-refractivity contribution < 1.29 is 9.50 Å². The second-order valence-corrected chi connectivity index (χ2v) is 5.73. The molecule has 1 heterocycles. The van der Waals surface area contributed by atoms with Crippen LogP contribution in [-0.4, -0.2) is 39.4 Å². The molecule has 0 saturated carbocycles. The molecule has 2 N–H and O–H groups in total. The normalized spacial score (nSPS) is 12.1. The molecule has 108 valence electrons. The van der Waals surface area contributed by atoms with Gasteiger partial charge in [0.05, 0.1) is 17.5 Å². The zero-order valence-corrected chi connectivity index (χ0v) is 12.0. The Balaban J connectivity index is 2.20. The Morgan fingerprint density at radius 2 is 2.05 bits per heavy atom. The number of hydrogen-bond acceptors (Lipinski definition) is 3. The van der Waals surface area contributed by atoms with Gasteiger partial charge in [-0.2, -0.15) is 5.10 Å². The molecular formula is C15H20FN3O. The van der Waals surface area contributed by atoms with Crippen LogP contribution in [0.1, 0.15) is 19.4 Å². The number of benzene rings is 1. The Bertz CT molecular complexity index is 574. The lowest BCUT2D eigenvalue weighted by atomic mass is 10.1. The van der Waals surface area contributed by atoms with E-state index in [2.05, 4.69) is 10.2 Å². The second-order valence-electron chi connectivity index (χ2n) is 5.73. The highest BCUT2D eigenvalue weighted by molar-refractivity contribution is 5.63. The molecule has 0 radical (unpaired) electrons. The van der Waals surface area contributed by atoms with Gasteiger partial charge in [0.2, 0.25) is 0 Å². The Hall–Kier alpha value is -1.72. The van der Waals surface area contributed by atoms with Gasteiger partial charge >= 0.3 is 0 Å². The van der Waals surface area contributed by atoms with E-state index in [1.54, 1.807) is 38.2 Å². The van der Waals surface area contributed by atoms with Crippen LogP contribution in [0.15, 0.2) is 30.5 Å². The fourth-order valence-corrected chi connectivity index (χ4v) is 2.34. The smallest absolute Gasteiger partial charge is 0.132 e. The van der Waals surface area contributed by atoms with Crippen molar-refractivity contribution in [3.63, 3.8) is 0 Å². The lowest BCUT2D eigenvalue weighted by Gasteiger charge is -2.25.